The van der Waals surface area contributed by atoms with Crippen molar-refractivity contribution in [2.24, 2.45) is 0 Å². The zero-order chi connectivity index (χ0) is 13.1. The molecule has 0 aliphatic carbocycles. The van der Waals surface area contributed by atoms with E-state index in [1.54, 1.807) is 26.4 Å². The Kier molecular flexibility index (Phi) is 3.33. The van der Waals surface area contributed by atoms with Gasteiger partial charge in [0.2, 0.25) is 5.95 Å². The van der Waals surface area contributed by atoms with Crippen LogP contribution in [0.15, 0.2) is 24.7 Å². The van der Waals surface area contributed by atoms with Gasteiger partial charge in [-0.3, -0.25) is 4.79 Å². The first-order chi connectivity index (χ1) is 8.61. The van der Waals surface area contributed by atoms with Crippen LogP contribution in [0.4, 0.5) is 0 Å². The molecule has 1 N–H and O–H groups in total. The number of rotatable bonds is 3. The van der Waals surface area contributed by atoms with Gasteiger partial charge in [0, 0.05) is 38.2 Å². The Balaban J connectivity index is 2.26. The van der Waals surface area contributed by atoms with Crippen LogP contribution in [0.5, 0.6) is 0 Å². The van der Waals surface area contributed by atoms with Crippen molar-refractivity contribution >= 4 is 5.91 Å². The van der Waals surface area contributed by atoms with Crippen molar-refractivity contribution in [1.82, 2.24) is 24.6 Å². The lowest BCUT2D eigenvalue weighted by Crippen LogP contribution is -2.22. The Labute approximate surface area is 104 Å². The zero-order valence-electron chi connectivity index (χ0n) is 10.1. The summed E-state index contributed by atoms with van der Waals surface area (Å²) in [6, 6.07) is 1.60. The standard InChI is InChI=1S/C11H13N5O2/c1-15(2)10(18)9-3-4-16(14-9)11-12-5-8(7-17)6-13-11/h3-6,17H,7H2,1-2H3. The average molecular weight is 247 g/mol. The third kappa shape index (κ3) is 2.35. The van der Waals surface area contributed by atoms with Crippen LogP contribution in [-0.4, -0.2) is 49.8 Å². The highest BCUT2D eigenvalue weighted by Crippen LogP contribution is 2.04. The summed E-state index contributed by atoms with van der Waals surface area (Å²) < 4.78 is 1.41. The quantitative estimate of drug-likeness (QED) is 0.815. The Bertz CT molecular complexity index is 547. The molecule has 0 saturated carbocycles. The van der Waals surface area contributed by atoms with Gasteiger partial charge in [-0.05, 0) is 6.07 Å². The van der Waals surface area contributed by atoms with Crippen LogP contribution >= 0.6 is 0 Å². The maximum absolute atomic E-state index is 11.7. The number of amides is 1. The number of aromatic nitrogens is 4. The summed E-state index contributed by atoms with van der Waals surface area (Å²) in [5.41, 5.74) is 0.949. The van der Waals surface area contributed by atoms with E-state index in [4.69, 9.17) is 5.11 Å². The summed E-state index contributed by atoms with van der Waals surface area (Å²) in [5, 5.41) is 13.0. The van der Waals surface area contributed by atoms with Crippen molar-refractivity contribution in [3.63, 3.8) is 0 Å². The molecule has 2 aromatic rings. The molecule has 0 aromatic carbocycles. The molecule has 7 nitrogen and oxygen atoms in total. The first-order valence-electron chi connectivity index (χ1n) is 5.31. The number of hydrogen-bond donors (Lipinski definition) is 1. The van der Waals surface area contributed by atoms with E-state index in [-0.39, 0.29) is 12.5 Å². The summed E-state index contributed by atoms with van der Waals surface area (Å²) in [4.78, 5) is 21.2. The van der Waals surface area contributed by atoms with Crippen LogP contribution in [0, 0.1) is 0 Å². The van der Waals surface area contributed by atoms with E-state index >= 15 is 0 Å². The molecule has 2 heterocycles. The summed E-state index contributed by atoms with van der Waals surface area (Å²) in [5.74, 6) is 0.172. The predicted octanol–water partition coefficient (Wildman–Crippen LogP) is -0.144. The van der Waals surface area contributed by atoms with Crippen LogP contribution in [0.2, 0.25) is 0 Å². The number of nitrogens with zero attached hydrogens (tertiary/aromatic N) is 5. The first kappa shape index (κ1) is 12.2. The highest BCUT2D eigenvalue weighted by molar-refractivity contribution is 5.91. The lowest BCUT2D eigenvalue weighted by atomic mass is 10.4. The van der Waals surface area contributed by atoms with E-state index < -0.39 is 0 Å². The van der Waals surface area contributed by atoms with Gasteiger partial charge in [0.25, 0.3) is 5.91 Å². The van der Waals surface area contributed by atoms with E-state index in [1.165, 1.54) is 22.0 Å². The molecule has 7 heteroatoms. The molecule has 18 heavy (non-hydrogen) atoms. The van der Waals surface area contributed by atoms with Gasteiger partial charge >= 0.3 is 0 Å². The zero-order valence-corrected chi connectivity index (χ0v) is 10.1. The predicted molar refractivity (Wildman–Crippen MR) is 63.1 cm³/mol. The van der Waals surface area contributed by atoms with E-state index in [9.17, 15) is 4.79 Å². The number of aliphatic hydroxyl groups excluding tert-OH is 1. The van der Waals surface area contributed by atoms with Crippen LogP contribution < -0.4 is 0 Å². The molecule has 2 rings (SSSR count). The number of hydrogen-bond acceptors (Lipinski definition) is 5. The molecule has 94 valence electrons. The van der Waals surface area contributed by atoms with Crippen LogP contribution in [0.1, 0.15) is 16.1 Å². The van der Waals surface area contributed by atoms with Crippen molar-refractivity contribution in [3.8, 4) is 5.95 Å². The van der Waals surface area contributed by atoms with Crippen molar-refractivity contribution < 1.29 is 9.90 Å². The Morgan fingerprint density at radius 3 is 2.61 bits per heavy atom. The third-order valence-corrected chi connectivity index (χ3v) is 2.29. The van der Waals surface area contributed by atoms with E-state index in [1.807, 2.05) is 0 Å². The van der Waals surface area contributed by atoms with E-state index in [0.29, 0.717) is 17.2 Å². The van der Waals surface area contributed by atoms with Gasteiger partial charge in [-0.2, -0.15) is 5.10 Å². The SMILES string of the molecule is CN(C)C(=O)c1ccn(-c2ncc(CO)cn2)n1. The second-order valence-electron chi connectivity index (χ2n) is 3.89. The normalized spacial score (nSPS) is 10.4. The molecule has 0 spiro atoms. The molecule has 0 atom stereocenters. The molecule has 1 amide bonds. The Hall–Kier alpha value is -2.28. The van der Waals surface area contributed by atoms with Gasteiger partial charge < -0.3 is 10.0 Å². The van der Waals surface area contributed by atoms with Gasteiger partial charge in [-0.15, -0.1) is 0 Å². The average Bonchev–Trinajstić information content (AvgIpc) is 2.87. The molecule has 0 aliphatic rings. The molecule has 0 bridgehead atoms. The fraction of sp³-hybridized carbons (Fsp3) is 0.273. The second kappa shape index (κ2) is 4.92. The maximum atomic E-state index is 11.7. The minimum atomic E-state index is -0.180. The molecule has 0 saturated heterocycles. The summed E-state index contributed by atoms with van der Waals surface area (Å²) in [6.45, 7) is -0.107. The van der Waals surface area contributed by atoms with E-state index in [0.717, 1.165) is 0 Å². The topological polar surface area (TPSA) is 84.1 Å². The van der Waals surface area contributed by atoms with Gasteiger partial charge in [0.05, 0.1) is 6.61 Å². The lowest BCUT2D eigenvalue weighted by molar-refractivity contribution is 0.0821. The third-order valence-electron chi connectivity index (χ3n) is 2.29. The highest BCUT2D eigenvalue weighted by atomic mass is 16.3. The van der Waals surface area contributed by atoms with Gasteiger partial charge in [-0.25, -0.2) is 14.6 Å². The number of carbonyl (C=O) groups is 1. The minimum absolute atomic E-state index is 0.107. The molecule has 0 aliphatic heterocycles. The minimum Gasteiger partial charge on any atom is -0.392 e. The molecule has 2 aromatic heterocycles. The summed E-state index contributed by atoms with van der Waals surface area (Å²) in [6.07, 6.45) is 4.64. The van der Waals surface area contributed by atoms with Crippen molar-refractivity contribution in [1.29, 1.82) is 0 Å². The maximum Gasteiger partial charge on any atom is 0.273 e. The highest BCUT2D eigenvalue weighted by Gasteiger charge is 2.12. The molecular formula is C11H13N5O2. The second-order valence-corrected chi connectivity index (χ2v) is 3.89. The van der Waals surface area contributed by atoms with Crippen molar-refractivity contribution in [2.75, 3.05) is 14.1 Å². The summed E-state index contributed by atoms with van der Waals surface area (Å²) in [7, 11) is 3.32. The Morgan fingerprint density at radius 2 is 2.06 bits per heavy atom. The van der Waals surface area contributed by atoms with E-state index in [2.05, 4.69) is 15.1 Å². The number of aliphatic hydroxyl groups is 1. The summed E-state index contributed by atoms with van der Waals surface area (Å²) >= 11 is 0. The molecule has 0 fully saturated rings. The monoisotopic (exact) mass is 247 g/mol. The van der Waals surface area contributed by atoms with Crippen LogP contribution in [0.3, 0.4) is 0 Å². The Morgan fingerprint density at radius 1 is 1.39 bits per heavy atom. The van der Waals surface area contributed by atoms with Gasteiger partial charge in [-0.1, -0.05) is 0 Å². The smallest absolute Gasteiger partial charge is 0.273 e. The van der Waals surface area contributed by atoms with Crippen LogP contribution in [0.25, 0.3) is 5.95 Å². The van der Waals surface area contributed by atoms with Crippen LogP contribution in [-0.2, 0) is 6.61 Å². The fourth-order valence-corrected chi connectivity index (χ4v) is 1.33. The lowest BCUT2D eigenvalue weighted by Gasteiger charge is -2.06. The van der Waals surface area contributed by atoms with Crippen molar-refractivity contribution in [3.05, 3.63) is 35.9 Å². The fourth-order valence-electron chi connectivity index (χ4n) is 1.33. The largest absolute Gasteiger partial charge is 0.392 e. The van der Waals surface area contributed by atoms with Gasteiger partial charge in [0.1, 0.15) is 0 Å². The molecule has 0 radical (unpaired) electrons. The van der Waals surface area contributed by atoms with Gasteiger partial charge in [0.15, 0.2) is 5.69 Å². The number of carbonyl (C=O) groups excluding carboxylic acids is 1. The molecular weight excluding hydrogens is 234 g/mol. The first-order valence-corrected chi connectivity index (χ1v) is 5.31. The molecule has 0 unspecified atom stereocenters. The van der Waals surface area contributed by atoms with Crippen molar-refractivity contribution in [2.45, 2.75) is 6.61 Å².